The summed E-state index contributed by atoms with van der Waals surface area (Å²) < 4.78 is 1.85. The lowest BCUT2D eigenvalue weighted by Gasteiger charge is -2.36. The van der Waals surface area contributed by atoms with Crippen LogP contribution in [0.15, 0.2) is 79.3 Å². The molecule has 1 aromatic heterocycles. The topological polar surface area (TPSA) is 54.3 Å². The summed E-state index contributed by atoms with van der Waals surface area (Å²) in [6, 6.07) is 18.5. The molecule has 1 amide bonds. The van der Waals surface area contributed by atoms with Crippen LogP contribution in [0.1, 0.15) is 11.4 Å². The van der Waals surface area contributed by atoms with Gasteiger partial charge in [0.2, 0.25) is 5.91 Å². The summed E-state index contributed by atoms with van der Waals surface area (Å²) >= 11 is 0. The van der Waals surface area contributed by atoms with E-state index in [-0.39, 0.29) is 5.91 Å². The fourth-order valence-corrected chi connectivity index (χ4v) is 3.69. The predicted octanol–water partition coefficient (Wildman–Crippen LogP) is 3.40. The van der Waals surface area contributed by atoms with Crippen LogP contribution in [0.2, 0.25) is 0 Å². The third-order valence-corrected chi connectivity index (χ3v) is 5.63. The van der Waals surface area contributed by atoms with Gasteiger partial charge in [-0.2, -0.15) is 0 Å². The second-order valence-corrected chi connectivity index (χ2v) is 7.73. The van der Waals surface area contributed by atoms with Gasteiger partial charge in [-0.1, -0.05) is 61.2 Å². The van der Waals surface area contributed by atoms with Gasteiger partial charge in [0.05, 0.1) is 6.42 Å². The molecule has 1 saturated heterocycles. The molecule has 0 bridgehead atoms. The number of carbonyl (C=O) groups excluding carboxylic acids is 1. The first-order chi connectivity index (χ1) is 15.1. The van der Waals surface area contributed by atoms with E-state index in [1.165, 1.54) is 11.1 Å². The van der Waals surface area contributed by atoms with Crippen LogP contribution in [-0.4, -0.2) is 56.7 Å². The summed E-state index contributed by atoms with van der Waals surface area (Å²) in [5.74, 6) is 0.959. The van der Waals surface area contributed by atoms with E-state index in [4.69, 9.17) is 0 Å². The number of amides is 1. The average molecular weight is 414 g/mol. The molecular weight excluding hydrogens is 386 g/mol. The number of piperazine rings is 1. The minimum Gasteiger partial charge on any atom is -0.368 e. The number of allylic oxidation sites excluding steroid dienone is 1. The Hall–Kier alpha value is -3.67. The van der Waals surface area contributed by atoms with Crippen LogP contribution in [0.5, 0.6) is 0 Å². The first kappa shape index (κ1) is 20.6. The lowest BCUT2D eigenvalue weighted by atomic mass is 10.0. The van der Waals surface area contributed by atoms with E-state index >= 15 is 0 Å². The predicted molar refractivity (Wildman–Crippen MR) is 123 cm³/mol. The lowest BCUT2D eigenvalue weighted by Crippen LogP contribution is -2.48. The fraction of sp³-hybridized carbons (Fsp3) is 0.240. The first-order valence-corrected chi connectivity index (χ1v) is 10.5. The molecule has 158 valence electrons. The molecule has 1 aliphatic heterocycles. The molecule has 0 N–H and O–H groups in total. The number of hydrogen-bond acceptors (Lipinski definition) is 4. The molecule has 0 saturated carbocycles. The normalized spacial score (nSPS) is 14.2. The summed E-state index contributed by atoms with van der Waals surface area (Å²) in [5, 5.41) is 7.91. The zero-order valence-electron chi connectivity index (χ0n) is 17.8. The molecule has 0 unspecified atom stereocenters. The second kappa shape index (κ2) is 9.43. The van der Waals surface area contributed by atoms with Gasteiger partial charge in [-0.05, 0) is 28.8 Å². The number of rotatable bonds is 6. The van der Waals surface area contributed by atoms with Crippen LogP contribution in [0.25, 0.3) is 17.2 Å². The van der Waals surface area contributed by atoms with E-state index in [9.17, 15) is 4.79 Å². The summed E-state index contributed by atoms with van der Waals surface area (Å²) in [5.41, 5.74) is 4.32. The zero-order valence-corrected chi connectivity index (χ0v) is 17.8. The highest BCUT2D eigenvalue weighted by atomic mass is 16.2. The fourth-order valence-electron chi connectivity index (χ4n) is 3.69. The van der Waals surface area contributed by atoms with Gasteiger partial charge < -0.3 is 14.4 Å². The van der Waals surface area contributed by atoms with Crippen molar-refractivity contribution < 1.29 is 4.79 Å². The minimum atomic E-state index is 0.173. The molecule has 0 aliphatic carbocycles. The van der Waals surface area contributed by atoms with Crippen molar-refractivity contribution >= 4 is 12.0 Å². The van der Waals surface area contributed by atoms with E-state index < -0.39 is 0 Å². The quantitative estimate of drug-likeness (QED) is 0.582. The van der Waals surface area contributed by atoms with Gasteiger partial charge in [-0.3, -0.25) is 4.79 Å². The SMILES string of the molecule is C=C(/C=C\c1nncn1C)N1CCN(C(=O)Cc2ccc(-c3ccccc3)cc2)CC1. The molecule has 1 fully saturated rings. The lowest BCUT2D eigenvalue weighted by molar-refractivity contribution is -0.131. The molecule has 3 aromatic rings. The molecule has 1 aliphatic rings. The highest BCUT2D eigenvalue weighted by Gasteiger charge is 2.21. The Bertz CT molecular complexity index is 1060. The molecule has 31 heavy (non-hydrogen) atoms. The van der Waals surface area contributed by atoms with Crippen LogP contribution >= 0.6 is 0 Å². The van der Waals surface area contributed by atoms with Crippen molar-refractivity contribution in [3.05, 3.63) is 90.7 Å². The van der Waals surface area contributed by atoms with E-state index in [0.29, 0.717) is 19.5 Å². The van der Waals surface area contributed by atoms with E-state index in [0.717, 1.165) is 30.2 Å². The van der Waals surface area contributed by atoms with Crippen molar-refractivity contribution in [2.75, 3.05) is 26.2 Å². The Balaban J connectivity index is 1.28. The number of hydrogen-bond donors (Lipinski definition) is 0. The molecule has 0 spiro atoms. The Morgan fingerprint density at radius 2 is 1.61 bits per heavy atom. The molecule has 6 heteroatoms. The maximum atomic E-state index is 12.8. The number of nitrogens with zero attached hydrogens (tertiary/aromatic N) is 5. The zero-order chi connectivity index (χ0) is 21.6. The summed E-state index contributed by atoms with van der Waals surface area (Å²) in [4.78, 5) is 16.9. The summed E-state index contributed by atoms with van der Waals surface area (Å²) in [6.07, 6.45) is 5.96. The molecule has 2 heterocycles. The molecule has 6 nitrogen and oxygen atoms in total. The molecule has 0 radical (unpaired) electrons. The number of aromatic nitrogens is 3. The van der Waals surface area contributed by atoms with Gasteiger partial charge in [-0.25, -0.2) is 0 Å². The van der Waals surface area contributed by atoms with Crippen molar-refractivity contribution in [2.24, 2.45) is 7.05 Å². The molecule has 2 aromatic carbocycles. The van der Waals surface area contributed by atoms with Crippen molar-refractivity contribution in [1.29, 1.82) is 0 Å². The highest BCUT2D eigenvalue weighted by Crippen LogP contribution is 2.20. The van der Waals surface area contributed by atoms with Gasteiger partial charge in [0.1, 0.15) is 6.33 Å². The van der Waals surface area contributed by atoms with Crippen molar-refractivity contribution in [3.8, 4) is 11.1 Å². The standard InChI is InChI=1S/C25H27N5O/c1-20(8-13-24-27-26-19-28(24)2)29-14-16-30(17-15-29)25(31)18-21-9-11-23(12-10-21)22-6-4-3-5-7-22/h3-13,19H,1,14-18H2,2H3/b13-8-. The Morgan fingerprint density at radius 3 is 2.26 bits per heavy atom. The largest absolute Gasteiger partial charge is 0.368 e. The third-order valence-electron chi connectivity index (χ3n) is 5.63. The van der Waals surface area contributed by atoms with E-state index in [1.54, 1.807) is 6.33 Å². The van der Waals surface area contributed by atoms with Gasteiger partial charge in [0.25, 0.3) is 0 Å². The van der Waals surface area contributed by atoms with Gasteiger partial charge in [0.15, 0.2) is 5.82 Å². The van der Waals surface area contributed by atoms with Crippen LogP contribution in [-0.2, 0) is 18.3 Å². The van der Waals surface area contributed by atoms with Crippen molar-refractivity contribution in [2.45, 2.75) is 6.42 Å². The van der Waals surface area contributed by atoms with Gasteiger partial charge in [-0.15, -0.1) is 10.2 Å². The Kier molecular flexibility index (Phi) is 6.26. The maximum Gasteiger partial charge on any atom is 0.227 e. The number of benzene rings is 2. The minimum absolute atomic E-state index is 0.173. The van der Waals surface area contributed by atoms with Gasteiger partial charge in [0, 0.05) is 38.9 Å². The van der Waals surface area contributed by atoms with Crippen LogP contribution in [0.4, 0.5) is 0 Å². The van der Waals surface area contributed by atoms with Crippen LogP contribution in [0, 0.1) is 0 Å². The highest BCUT2D eigenvalue weighted by molar-refractivity contribution is 5.79. The average Bonchev–Trinajstić information content (AvgIpc) is 3.23. The monoisotopic (exact) mass is 413 g/mol. The number of aryl methyl sites for hydroxylation is 1. The second-order valence-electron chi connectivity index (χ2n) is 7.73. The van der Waals surface area contributed by atoms with Crippen LogP contribution < -0.4 is 0 Å². The Morgan fingerprint density at radius 1 is 0.968 bits per heavy atom. The van der Waals surface area contributed by atoms with Gasteiger partial charge >= 0.3 is 0 Å². The first-order valence-electron chi connectivity index (χ1n) is 10.5. The molecular formula is C25H27N5O. The summed E-state index contributed by atoms with van der Waals surface area (Å²) in [6.45, 7) is 7.13. The molecule has 4 rings (SSSR count). The van der Waals surface area contributed by atoms with Crippen molar-refractivity contribution in [3.63, 3.8) is 0 Å². The smallest absolute Gasteiger partial charge is 0.227 e. The molecule has 0 atom stereocenters. The maximum absolute atomic E-state index is 12.8. The van der Waals surface area contributed by atoms with E-state index in [2.05, 4.69) is 58.1 Å². The van der Waals surface area contributed by atoms with E-state index in [1.807, 2.05) is 46.9 Å². The summed E-state index contributed by atoms with van der Waals surface area (Å²) in [7, 11) is 1.90. The number of carbonyl (C=O) groups is 1. The van der Waals surface area contributed by atoms with Crippen molar-refractivity contribution in [1.82, 2.24) is 24.6 Å². The third kappa shape index (κ3) is 5.09. The van der Waals surface area contributed by atoms with Crippen LogP contribution in [0.3, 0.4) is 0 Å². The Labute approximate surface area is 183 Å².